The zero-order valence-corrected chi connectivity index (χ0v) is 24.5. The average Bonchev–Trinajstić information content (AvgIpc) is 2.91. The van der Waals surface area contributed by atoms with Crippen molar-refractivity contribution in [3.05, 3.63) is 100 Å². The van der Waals surface area contributed by atoms with Crippen LogP contribution in [0.15, 0.2) is 72.8 Å². The van der Waals surface area contributed by atoms with Gasteiger partial charge in [0.05, 0.1) is 11.9 Å². The molecule has 0 heterocycles. The number of sulfonamides is 1. The van der Waals surface area contributed by atoms with Gasteiger partial charge in [0.1, 0.15) is 11.9 Å². The van der Waals surface area contributed by atoms with Gasteiger partial charge >= 0.3 is 0 Å². The highest BCUT2D eigenvalue weighted by molar-refractivity contribution is 7.92. The van der Waals surface area contributed by atoms with Crippen molar-refractivity contribution in [2.24, 2.45) is 0 Å². The van der Waals surface area contributed by atoms with Crippen molar-refractivity contribution in [2.75, 3.05) is 23.7 Å². The maximum atomic E-state index is 13.7. The van der Waals surface area contributed by atoms with Crippen LogP contribution in [0.4, 0.5) is 10.1 Å². The second kappa shape index (κ2) is 14.3. The topological polar surface area (TPSA) is 86.8 Å². The van der Waals surface area contributed by atoms with E-state index < -0.39 is 21.9 Å². The van der Waals surface area contributed by atoms with Gasteiger partial charge in [0, 0.05) is 37.5 Å². The lowest BCUT2D eigenvalue weighted by atomic mass is 10.0. The first kappa shape index (κ1) is 31.1. The Balaban J connectivity index is 1.87. The van der Waals surface area contributed by atoms with E-state index >= 15 is 0 Å². The molecule has 3 aromatic carbocycles. The highest BCUT2D eigenvalue weighted by Gasteiger charge is 2.30. The molecule has 7 nitrogen and oxygen atoms in total. The smallest absolute Gasteiger partial charge is 0.243 e. The van der Waals surface area contributed by atoms with Crippen LogP contribution in [0.25, 0.3) is 0 Å². The Morgan fingerprint density at radius 3 is 2.30 bits per heavy atom. The lowest BCUT2D eigenvalue weighted by Crippen LogP contribution is -2.50. The molecule has 1 N–H and O–H groups in total. The second-order valence-corrected chi connectivity index (χ2v) is 12.0. The molecule has 40 heavy (non-hydrogen) atoms. The second-order valence-electron chi connectivity index (χ2n) is 9.62. The summed E-state index contributed by atoms with van der Waals surface area (Å²) in [6.07, 6.45) is 1.61. The van der Waals surface area contributed by atoms with Gasteiger partial charge in [-0.05, 0) is 61.2 Å². The molecule has 214 valence electrons. The predicted octanol–water partition coefficient (Wildman–Crippen LogP) is 5.11. The minimum atomic E-state index is -3.66. The van der Waals surface area contributed by atoms with Crippen LogP contribution in [-0.2, 0) is 32.6 Å². The average molecular weight is 588 g/mol. The highest BCUT2D eigenvalue weighted by Crippen LogP contribution is 2.27. The standard InChI is InChI=1S/C30H35ClFN3O4S/c1-4-33-30(37)28(19-23-9-6-5-7-10-23)34(21-24-13-16-26(32)17-14-24)29(36)11-8-18-35(40(3,38)39)27-20-25(31)15-12-22(27)2/h5-7,9-10,12-17,20,28H,4,8,11,18-19,21H2,1-3H3,(H,33,37)/t28-/m0/s1. The van der Waals surface area contributed by atoms with Gasteiger partial charge in [0.2, 0.25) is 21.8 Å². The van der Waals surface area contributed by atoms with E-state index in [9.17, 15) is 22.4 Å². The number of rotatable bonds is 13. The molecule has 0 aliphatic rings. The van der Waals surface area contributed by atoms with Crippen molar-refractivity contribution < 1.29 is 22.4 Å². The molecule has 2 amide bonds. The minimum absolute atomic E-state index is 0.00246. The van der Waals surface area contributed by atoms with Gasteiger partial charge in [-0.3, -0.25) is 13.9 Å². The summed E-state index contributed by atoms with van der Waals surface area (Å²) in [7, 11) is -3.66. The van der Waals surface area contributed by atoms with Crippen LogP contribution in [0.2, 0.25) is 5.02 Å². The number of anilines is 1. The third-order valence-electron chi connectivity index (χ3n) is 6.48. The number of benzene rings is 3. The van der Waals surface area contributed by atoms with E-state index in [1.807, 2.05) is 30.3 Å². The summed E-state index contributed by atoms with van der Waals surface area (Å²) >= 11 is 6.14. The van der Waals surface area contributed by atoms with Crippen molar-refractivity contribution in [3.8, 4) is 0 Å². The molecule has 0 aliphatic carbocycles. The van der Waals surface area contributed by atoms with E-state index in [0.29, 0.717) is 22.8 Å². The Labute approximate surface area is 241 Å². The number of carbonyl (C=O) groups excluding carboxylic acids is 2. The number of nitrogens with zero attached hydrogens (tertiary/aromatic N) is 2. The number of nitrogens with one attached hydrogen (secondary N) is 1. The molecule has 10 heteroatoms. The molecule has 0 bridgehead atoms. The van der Waals surface area contributed by atoms with Crippen LogP contribution >= 0.6 is 11.6 Å². The summed E-state index contributed by atoms with van der Waals surface area (Å²) in [6.45, 7) is 4.14. The van der Waals surface area contributed by atoms with E-state index in [0.717, 1.165) is 17.4 Å². The number of hydrogen-bond acceptors (Lipinski definition) is 4. The van der Waals surface area contributed by atoms with Gasteiger partial charge in [0.15, 0.2) is 0 Å². The van der Waals surface area contributed by atoms with E-state index in [4.69, 9.17) is 11.6 Å². The van der Waals surface area contributed by atoms with Gasteiger partial charge < -0.3 is 10.2 Å². The zero-order chi connectivity index (χ0) is 29.3. The molecule has 0 radical (unpaired) electrons. The quantitative estimate of drug-likeness (QED) is 0.301. The largest absolute Gasteiger partial charge is 0.355 e. The van der Waals surface area contributed by atoms with Crippen molar-refractivity contribution in [1.82, 2.24) is 10.2 Å². The summed E-state index contributed by atoms with van der Waals surface area (Å²) in [4.78, 5) is 28.5. The van der Waals surface area contributed by atoms with Crippen molar-refractivity contribution in [3.63, 3.8) is 0 Å². The minimum Gasteiger partial charge on any atom is -0.355 e. The van der Waals surface area contributed by atoms with Crippen LogP contribution in [0.3, 0.4) is 0 Å². The van der Waals surface area contributed by atoms with Crippen LogP contribution in [0, 0.1) is 12.7 Å². The molecule has 3 aromatic rings. The summed E-state index contributed by atoms with van der Waals surface area (Å²) in [5.41, 5.74) is 2.74. The van der Waals surface area contributed by atoms with E-state index in [1.165, 1.54) is 21.3 Å². The predicted molar refractivity (Wildman–Crippen MR) is 157 cm³/mol. The van der Waals surface area contributed by atoms with E-state index in [-0.39, 0.29) is 44.2 Å². The summed E-state index contributed by atoms with van der Waals surface area (Å²) in [5.74, 6) is -1.01. The van der Waals surface area contributed by atoms with Gasteiger partial charge in [-0.15, -0.1) is 0 Å². The Morgan fingerprint density at radius 1 is 1.00 bits per heavy atom. The third kappa shape index (κ3) is 8.79. The lowest BCUT2D eigenvalue weighted by molar-refractivity contribution is -0.141. The molecular weight excluding hydrogens is 553 g/mol. The Kier molecular flexibility index (Phi) is 11.1. The van der Waals surface area contributed by atoms with Crippen molar-refractivity contribution >= 4 is 39.1 Å². The first-order chi connectivity index (χ1) is 19.0. The molecular formula is C30H35ClFN3O4S. The fourth-order valence-electron chi connectivity index (χ4n) is 4.47. The van der Waals surface area contributed by atoms with Gasteiger partial charge in [-0.1, -0.05) is 60.1 Å². The molecule has 0 aliphatic heterocycles. The maximum absolute atomic E-state index is 13.7. The molecule has 1 atom stereocenters. The Bertz CT molecular complexity index is 1400. The lowest BCUT2D eigenvalue weighted by Gasteiger charge is -2.32. The van der Waals surface area contributed by atoms with Gasteiger partial charge in [-0.2, -0.15) is 0 Å². The van der Waals surface area contributed by atoms with Crippen LogP contribution in [0.5, 0.6) is 0 Å². The number of amides is 2. The molecule has 0 saturated carbocycles. The van der Waals surface area contributed by atoms with E-state index in [1.54, 1.807) is 44.2 Å². The molecule has 0 unspecified atom stereocenters. The Hall–Kier alpha value is -3.43. The SMILES string of the molecule is CCNC(=O)[C@H](Cc1ccccc1)N(Cc1ccc(F)cc1)C(=O)CCCN(c1cc(Cl)ccc1C)S(C)(=O)=O. The number of aryl methyl sites for hydroxylation is 1. The van der Waals surface area contributed by atoms with Gasteiger partial charge in [0.25, 0.3) is 0 Å². The van der Waals surface area contributed by atoms with Gasteiger partial charge in [-0.25, -0.2) is 12.8 Å². The zero-order valence-electron chi connectivity index (χ0n) is 22.9. The normalized spacial score (nSPS) is 12.0. The molecule has 0 spiro atoms. The summed E-state index contributed by atoms with van der Waals surface area (Å²) < 4.78 is 40.1. The Morgan fingerprint density at radius 2 is 1.68 bits per heavy atom. The number of carbonyl (C=O) groups is 2. The van der Waals surface area contributed by atoms with Crippen LogP contribution < -0.4 is 9.62 Å². The first-order valence-electron chi connectivity index (χ1n) is 13.1. The number of likely N-dealkylation sites (N-methyl/N-ethyl adjacent to an activating group) is 1. The van der Waals surface area contributed by atoms with Crippen molar-refractivity contribution in [1.29, 1.82) is 0 Å². The van der Waals surface area contributed by atoms with Crippen LogP contribution in [0.1, 0.15) is 36.5 Å². The fraction of sp³-hybridized carbons (Fsp3) is 0.333. The molecule has 0 aromatic heterocycles. The summed E-state index contributed by atoms with van der Waals surface area (Å²) in [5, 5.41) is 3.23. The first-order valence-corrected chi connectivity index (χ1v) is 15.3. The monoisotopic (exact) mass is 587 g/mol. The molecule has 0 saturated heterocycles. The number of halogens is 2. The van der Waals surface area contributed by atoms with E-state index in [2.05, 4.69) is 5.32 Å². The molecule has 0 fully saturated rings. The summed E-state index contributed by atoms with van der Waals surface area (Å²) in [6, 6.07) is 19.4. The molecule has 3 rings (SSSR count). The maximum Gasteiger partial charge on any atom is 0.243 e. The van der Waals surface area contributed by atoms with Crippen LogP contribution in [-0.4, -0.2) is 50.5 Å². The third-order valence-corrected chi connectivity index (χ3v) is 7.90. The fourth-order valence-corrected chi connectivity index (χ4v) is 5.65. The highest BCUT2D eigenvalue weighted by atomic mass is 35.5. The number of hydrogen-bond donors (Lipinski definition) is 1. The van der Waals surface area contributed by atoms with Crippen molar-refractivity contribution in [2.45, 2.75) is 45.7 Å².